The molecule has 0 bridgehead atoms. The zero-order chi connectivity index (χ0) is 14.4. The zero-order valence-electron chi connectivity index (χ0n) is 11.0. The molecule has 0 saturated carbocycles. The lowest BCUT2D eigenvalue weighted by Gasteiger charge is -2.22. The minimum atomic E-state index is -1.10. The van der Waals surface area contributed by atoms with Gasteiger partial charge in [0.25, 0.3) is 11.8 Å². The Hall–Kier alpha value is -1.67. The van der Waals surface area contributed by atoms with Crippen LogP contribution < -0.4 is 0 Å². The van der Waals surface area contributed by atoms with Crippen molar-refractivity contribution in [1.82, 2.24) is 5.06 Å². The molecule has 0 radical (unpaired) electrons. The molecule has 0 aromatic rings. The van der Waals surface area contributed by atoms with Gasteiger partial charge < -0.3 is 14.2 Å². The molecule has 2 saturated heterocycles. The molecule has 0 aliphatic carbocycles. The smallest absolute Gasteiger partial charge is 0.430 e. The SMILES string of the molecule is C.C.O=C(OCCOC1CCCCO1)ON1C(=O)CCC1=O. The van der Waals surface area contributed by atoms with Crippen LogP contribution in [0.3, 0.4) is 0 Å². The second kappa shape index (κ2) is 10.1. The molecule has 2 amide bonds. The van der Waals surface area contributed by atoms with E-state index in [0.717, 1.165) is 19.3 Å². The van der Waals surface area contributed by atoms with E-state index >= 15 is 0 Å². The first kappa shape index (κ1) is 20.3. The monoisotopic (exact) mass is 319 g/mol. The fourth-order valence-corrected chi connectivity index (χ4v) is 1.91. The molecule has 1 atom stereocenters. The first-order valence-corrected chi connectivity index (χ1v) is 6.60. The molecule has 22 heavy (non-hydrogen) atoms. The summed E-state index contributed by atoms with van der Waals surface area (Å²) in [6.45, 7) is 0.809. The van der Waals surface area contributed by atoms with Crippen molar-refractivity contribution in [3.05, 3.63) is 0 Å². The lowest BCUT2D eigenvalue weighted by atomic mass is 10.2. The van der Waals surface area contributed by atoms with E-state index in [4.69, 9.17) is 14.2 Å². The Balaban J connectivity index is 0.00000220. The lowest BCUT2D eigenvalue weighted by Crippen LogP contribution is -2.32. The maximum atomic E-state index is 11.3. The lowest BCUT2D eigenvalue weighted by molar-refractivity contribution is -0.181. The zero-order valence-corrected chi connectivity index (χ0v) is 11.0. The summed E-state index contributed by atoms with van der Waals surface area (Å²) in [6.07, 6.45) is 1.64. The van der Waals surface area contributed by atoms with Gasteiger partial charge in [-0.05, 0) is 19.3 Å². The molecule has 2 aliphatic rings. The summed E-state index contributed by atoms with van der Waals surface area (Å²) in [5.41, 5.74) is 0. The van der Waals surface area contributed by atoms with E-state index in [0.29, 0.717) is 11.7 Å². The Morgan fingerprint density at radius 3 is 2.41 bits per heavy atom. The third-order valence-corrected chi connectivity index (χ3v) is 2.92. The summed E-state index contributed by atoms with van der Waals surface area (Å²) >= 11 is 0. The molecule has 2 rings (SSSR count). The van der Waals surface area contributed by atoms with Crippen molar-refractivity contribution in [2.24, 2.45) is 0 Å². The minimum absolute atomic E-state index is 0. The molecule has 0 aromatic carbocycles. The Kier molecular flexibility index (Phi) is 9.35. The molecule has 1 unspecified atom stereocenters. The third-order valence-electron chi connectivity index (χ3n) is 2.92. The van der Waals surface area contributed by atoms with Crippen LogP contribution >= 0.6 is 0 Å². The normalized spacial score (nSPS) is 20.9. The van der Waals surface area contributed by atoms with Gasteiger partial charge in [0.2, 0.25) is 0 Å². The molecule has 8 heteroatoms. The van der Waals surface area contributed by atoms with Crippen LogP contribution in [0.2, 0.25) is 0 Å². The van der Waals surface area contributed by atoms with Crippen molar-refractivity contribution in [2.75, 3.05) is 19.8 Å². The standard InChI is InChI=1S/C12H17NO7.2CH4/c14-9-4-5-10(15)13(9)20-12(16)19-8-7-18-11-3-1-2-6-17-11;;/h11H,1-8H2;2*1H4. The molecule has 2 aliphatic heterocycles. The van der Waals surface area contributed by atoms with Crippen molar-refractivity contribution in [2.45, 2.75) is 53.2 Å². The van der Waals surface area contributed by atoms with E-state index in [1.807, 2.05) is 0 Å². The summed E-state index contributed by atoms with van der Waals surface area (Å²) in [7, 11) is 0. The molecule has 2 fully saturated rings. The van der Waals surface area contributed by atoms with E-state index < -0.39 is 18.0 Å². The summed E-state index contributed by atoms with van der Waals surface area (Å²) in [5.74, 6) is -1.09. The van der Waals surface area contributed by atoms with Crippen LogP contribution in [0, 0.1) is 0 Å². The highest BCUT2D eigenvalue weighted by molar-refractivity contribution is 6.01. The van der Waals surface area contributed by atoms with Gasteiger partial charge in [-0.15, -0.1) is 0 Å². The third kappa shape index (κ3) is 5.98. The summed E-state index contributed by atoms with van der Waals surface area (Å²) in [6, 6.07) is 0. The van der Waals surface area contributed by atoms with Gasteiger partial charge in [0.15, 0.2) is 6.29 Å². The maximum Gasteiger partial charge on any atom is 0.534 e. The van der Waals surface area contributed by atoms with E-state index in [1.54, 1.807) is 0 Å². The van der Waals surface area contributed by atoms with Gasteiger partial charge in [0, 0.05) is 19.4 Å². The first-order chi connectivity index (χ1) is 9.66. The van der Waals surface area contributed by atoms with Gasteiger partial charge in [0.05, 0.1) is 6.61 Å². The van der Waals surface area contributed by atoms with E-state index in [1.165, 1.54) is 0 Å². The number of hydroxylamine groups is 2. The molecule has 0 spiro atoms. The predicted molar refractivity (Wildman–Crippen MR) is 76.5 cm³/mol. The topological polar surface area (TPSA) is 91.4 Å². The van der Waals surface area contributed by atoms with Crippen molar-refractivity contribution in [3.63, 3.8) is 0 Å². The van der Waals surface area contributed by atoms with E-state index in [9.17, 15) is 14.4 Å². The largest absolute Gasteiger partial charge is 0.534 e. The second-order valence-corrected chi connectivity index (χ2v) is 4.44. The van der Waals surface area contributed by atoms with Crippen LogP contribution in [0.1, 0.15) is 47.0 Å². The molecular weight excluding hydrogens is 294 g/mol. The number of hydrogen-bond acceptors (Lipinski definition) is 7. The number of imide groups is 1. The van der Waals surface area contributed by atoms with Crippen molar-refractivity contribution in [3.8, 4) is 0 Å². The molecule has 2 heterocycles. The highest BCUT2D eigenvalue weighted by Gasteiger charge is 2.33. The van der Waals surface area contributed by atoms with Crippen molar-refractivity contribution < 1.29 is 33.4 Å². The number of carbonyl (C=O) groups is 3. The number of ether oxygens (including phenoxy) is 3. The van der Waals surface area contributed by atoms with Gasteiger partial charge in [-0.25, -0.2) is 4.79 Å². The fraction of sp³-hybridized carbons (Fsp3) is 0.786. The first-order valence-electron chi connectivity index (χ1n) is 6.60. The van der Waals surface area contributed by atoms with Crippen molar-refractivity contribution >= 4 is 18.0 Å². The summed E-state index contributed by atoms with van der Waals surface area (Å²) < 4.78 is 15.4. The van der Waals surface area contributed by atoms with Gasteiger partial charge in [-0.2, -0.15) is 0 Å². The number of carbonyl (C=O) groups excluding carboxylic acids is 3. The minimum Gasteiger partial charge on any atom is -0.430 e. The summed E-state index contributed by atoms with van der Waals surface area (Å²) in [4.78, 5) is 38.2. The molecular formula is C14H25NO7. The molecule has 8 nitrogen and oxygen atoms in total. The van der Waals surface area contributed by atoms with Gasteiger partial charge in [0.1, 0.15) is 6.61 Å². The van der Waals surface area contributed by atoms with Crippen LogP contribution in [0.25, 0.3) is 0 Å². The Labute approximate surface area is 130 Å². The van der Waals surface area contributed by atoms with Gasteiger partial charge >= 0.3 is 6.16 Å². The van der Waals surface area contributed by atoms with Crippen LogP contribution in [0.5, 0.6) is 0 Å². The van der Waals surface area contributed by atoms with Gasteiger partial charge in [-0.1, -0.05) is 19.9 Å². The van der Waals surface area contributed by atoms with E-state index in [2.05, 4.69) is 4.84 Å². The number of nitrogens with zero attached hydrogens (tertiary/aromatic N) is 1. The Bertz CT molecular complexity index is 363. The highest BCUT2D eigenvalue weighted by atomic mass is 16.8. The number of amides is 2. The quantitative estimate of drug-likeness (QED) is 0.435. The Morgan fingerprint density at radius 1 is 1.14 bits per heavy atom. The summed E-state index contributed by atoms with van der Waals surface area (Å²) in [5, 5.41) is 0.438. The number of hydrogen-bond donors (Lipinski definition) is 0. The maximum absolute atomic E-state index is 11.3. The highest BCUT2D eigenvalue weighted by Crippen LogP contribution is 2.14. The fourth-order valence-electron chi connectivity index (χ4n) is 1.91. The van der Waals surface area contributed by atoms with Crippen molar-refractivity contribution in [1.29, 1.82) is 0 Å². The molecule has 0 N–H and O–H groups in total. The van der Waals surface area contributed by atoms with Gasteiger partial charge in [-0.3, -0.25) is 14.4 Å². The number of rotatable bonds is 5. The average molecular weight is 319 g/mol. The molecule has 128 valence electrons. The Morgan fingerprint density at radius 2 is 1.82 bits per heavy atom. The van der Waals surface area contributed by atoms with Crippen LogP contribution in [-0.4, -0.2) is 49.1 Å². The van der Waals surface area contributed by atoms with Crippen LogP contribution in [0.15, 0.2) is 0 Å². The van der Waals surface area contributed by atoms with Crippen LogP contribution in [0.4, 0.5) is 4.79 Å². The predicted octanol–water partition coefficient (Wildman–Crippen LogP) is 2.02. The van der Waals surface area contributed by atoms with Crippen LogP contribution in [-0.2, 0) is 28.6 Å². The van der Waals surface area contributed by atoms with E-state index in [-0.39, 0.29) is 47.2 Å². The second-order valence-electron chi connectivity index (χ2n) is 4.44. The molecule has 0 aromatic heterocycles. The average Bonchev–Trinajstić information content (AvgIpc) is 2.77.